The van der Waals surface area contributed by atoms with E-state index in [2.05, 4.69) is 10.9 Å². The van der Waals surface area contributed by atoms with E-state index in [1.54, 1.807) is 38.1 Å². The van der Waals surface area contributed by atoms with Crippen LogP contribution >= 0.6 is 11.6 Å². The highest BCUT2D eigenvalue weighted by Gasteiger charge is 2.17. The van der Waals surface area contributed by atoms with Gasteiger partial charge in [0.15, 0.2) is 6.10 Å². The minimum Gasteiger partial charge on any atom is -0.481 e. The van der Waals surface area contributed by atoms with E-state index in [0.29, 0.717) is 22.1 Å². The van der Waals surface area contributed by atoms with Gasteiger partial charge < -0.3 is 9.15 Å². The lowest BCUT2D eigenvalue weighted by Gasteiger charge is -2.15. The fourth-order valence-electron chi connectivity index (χ4n) is 1.71. The number of nitrogens with one attached hydrogen (secondary N) is 2. The van der Waals surface area contributed by atoms with Crippen molar-refractivity contribution in [2.75, 3.05) is 0 Å². The second kappa shape index (κ2) is 7.00. The monoisotopic (exact) mass is 322 g/mol. The van der Waals surface area contributed by atoms with E-state index in [9.17, 15) is 9.59 Å². The zero-order valence-corrected chi connectivity index (χ0v) is 12.8. The van der Waals surface area contributed by atoms with Crippen molar-refractivity contribution in [3.05, 3.63) is 52.9 Å². The van der Waals surface area contributed by atoms with Gasteiger partial charge in [0, 0.05) is 5.02 Å². The number of halogens is 1. The molecule has 1 heterocycles. The Morgan fingerprint density at radius 2 is 2.05 bits per heavy atom. The van der Waals surface area contributed by atoms with Crippen LogP contribution in [-0.4, -0.2) is 17.9 Å². The molecule has 7 heteroatoms. The molecule has 2 aromatic rings. The molecule has 116 valence electrons. The van der Waals surface area contributed by atoms with E-state index in [1.165, 1.54) is 12.3 Å². The van der Waals surface area contributed by atoms with Crippen molar-refractivity contribution in [3.8, 4) is 5.75 Å². The van der Waals surface area contributed by atoms with E-state index >= 15 is 0 Å². The summed E-state index contributed by atoms with van der Waals surface area (Å²) in [5, 5.41) is 0.508. The summed E-state index contributed by atoms with van der Waals surface area (Å²) < 4.78 is 10.5. The normalized spacial score (nSPS) is 11.6. The lowest BCUT2D eigenvalue weighted by Crippen LogP contribution is -2.47. The van der Waals surface area contributed by atoms with Crippen LogP contribution in [0.4, 0.5) is 0 Å². The van der Waals surface area contributed by atoms with Crippen LogP contribution in [0.5, 0.6) is 5.75 Å². The number of carbonyl (C=O) groups is 2. The standard InChI is InChI=1S/C15H15ClN2O4/c1-9-13(6-7-21-9)15(20)18-17-14(19)10(2)22-12-5-3-4-11(16)8-12/h3-8,10H,1-2H3,(H,17,19)(H,18,20)/t10-/m0/s1. The molecule has 0 aliphatic heterocycles. The SMILES string of the molecule is Cc1occc1C(=O)NNC(=O)[C@H](C)Oc1cccc(Cl)c1. The third kappa shape index (κ3) is 4.02. The molecule has 0 fully saturated rings. The van der Waals surface area contributed by atoms with Crippen LogP contribution in [-0.2, 0) is 4.79 Å². The van der Waals surface area contributed by atoms with Crippen LogP contribution in [0.15, 0.2) is 41.0 Å². The molecule has 0 aliphatic carbocycles. The number of hydrogen-bond acceptors (Lipinski definition) is 4. The minimum atomic E-state index is -0.802. The van der Waals surface area contributed by atoms with Gasteiger partial charge in [-0.25, -0.2) is 0 Å². The van der Waals surface area contributed by atoms with Gasteiger partial charge in [-0.05, 0) is 38.1 Å². The van der Waals surface area contributed by atoms with Crippen LogP contribution < -0.4 is 15.6 Å². The second-order valence-corrected chi connectivity index (χ2v) is 4.99. The first-order valence-corrected chi connectivity index (χ1v) is 6.91. The highest BCUT2D eigenvalue weighted by Crippen LogP contribution is 2.18. The quantitative estimate of drug-likeness (QED) is 0.847. The molecule has 1 aromatic carbocycles. The fourth-order valence-corrected chi connectivity index (χ4v) is 1.89. The summed E-state index contributed by atoms with van der Waals surface area (Å²) in [7, 11) is 0. The van der Waals surface area contributed by atoms with Crippen LogP contribution in [0, 0.1) is 6.92 Å². The van der Waals surface area contributed by atoms with Crippen LogP contribution in [0.1, 0.15) is 23.0 Å². The zero-order valence-electron chi connectivity index (χ0n) is 12.1. The van der Waals surface area contributed by atoms with Gasteiger partial charge in [0.05, 0.1) is 11.8 Å². The van der Waals surface area contributed by atoms with Crippen LogP contribution in [0.3, 0.4) is 0 Å². The van der Waals surface area contributed by atoms with Crippen molar-refractivity contribution in [1.29, 1.82) is 0 Å². The first kappa shape index (κ1) is 15.9. The molecular weight excluding hydrogens is 308 g/mol. The van der Waals surface area contributed by atoms with E-state index in [4.69, 9.17) is 20.8 Å². The molecule has 0 saturated carbocycles. The molecule has 0 bridgehead atoms. The smallest absolute Gasteiger partial charge is 0.279 e. The van der Waals surface area contributed by atoms with E-state index in [0.717, 1.165) is 0 Å². The Morgan fingerprint density at radius 3 is 2.68 bits per heavy atom. The Hall–Kier alpha value is -2.47. The predicted octanol–water partition coefficient (Wildman–Crippen LogP) is 2.47. The predicted molar refractivity (Wildman–Crippen MR) is 80.6 cm³/mol. The molecule has 2 amide bonds. The number of aryl methyl sites for hydroxylation is 1. The van der Waals surface area contributed by atoms with Gasteiger partial charge in [0.25, 0.3) is 11.8 Å². The van der Waals surface area contributed by atoms with Gasteiger partial charge in [-0.15, -0.1) is 0 Å². The first-order valence-electron chi connectivity index (χ1n) is 6.54. The summed E-state index contributed by atoms with van der Waals surface area (Å²) in [5.41, 5.74) is 4.94. The largest absolute Gasteiger partial charge is 0.481 e. The summed E-state index contributed by atoms with van der Waals surface area (Å²) in [6.07, 6.45) is 0.598. The van der Waals surface area contributed by atoms with Crippen LogP contribution in [0.2, 0.25) is 5.02 Å². The van der Waals surface area contributed by atoms with Crippen molar-refractivity contribution in [2.45, 2.75) is 20.0 Å². The van der Waals surface area contributed by atoms with Crippen LogP contribution in [0.25, 0.3) is 0 Å². The summed E-state index contributed by atoms with van der Waals surface area (Å²) in [6.45, 7) is 3.22. The Labute approximate surface area is 132 Å². The van der Waals surface area contributed by atoms with Gasteiger partial charge in [-0.3, -0.25) is 20.4 Å². The topological polar surface area (TPSA) is 80.6 Å². The average Bonchev–Trinajstić information content (AvgIpc) is 2.90. The van der Waals surface area contributed by atoms with Gasteiger partial charge in [-0.1, -0.05) is 17.7 Å². The van der Waals surface area contributed by atoms with Crippen molar-refractivity contribution in [2.24, 2.45) is 0 Å². The number of hydrogen-bond donors (Lipinski definition) is 2. The minimum absolute atomic E-state index is 0.351. The van der Waals surface area contributed by atoms with Gasteiger partial charge in [0.1, 0.15) is 11.5 Å². The molecule has 0 spiro atoms. The summed E-state index contributed by atoms with van der Waals surface area (Å²) >= 11 is 5.84. The third-order valence-corrected chi connectivity index (χ3v) is 3.12. The maximum Gasteiger partial charge on any atom is 0.279 e. The molecule has 0 radical (unpaired) electrons. The maximum atomic E-state index is 11.9. The molecule has 22 heavy (non-hydrogen) atoms. The zero-order chi connectivity index (χ0) is 16.1. The molecular formula is C15H15ClN2O4. The number of furan rings is 1. The summed E-state index contributed by atoms with van der Waals surface area (Å²) in [4.78, 5) is 23.7. The summed E-state index contributed by atoms with van der Waals surface area (Å²) in [5.74, 6) is -0.0221. The van der Waals surface area contributed by atoms with Crippen molar-refractivity contribution in [3.63, 3.8) is 0 Å². The van der Waals surface area contributed by atoms with Gasteiger partial charge in [0.2, 0.25) is 0 Å². The fraction of sp³-hybridized carbons (Fsp3) is 0.200. The third-order valence-electron chi connectivity index (χ3n) is 2.88. The number of amides is 2. The molecule has 0 saturated heterocycles. The Morgan fingerprint density at radius 1 is 1.27 bits per heavy atom. The molecule has 1 atom stereocenters. The Balaban J connectivity index is 1.86. The number of rotatable bonds is 4. The molecule has 1 aromatic heterocycles. The first-order chi connectivity index (χ1) is 10.5. The van der Waals surface area contributed by atoms with Crippen molar-refractivity contribution in [1.82, 2.24) is 10.9 Å². The number of benzene rings is 1. The van der Waals surface area contributed by atoms with Crippen molar-refractivity contribution >= 4 is 23.4 Å². The summed E-state index contributed by atoms with van der Waals surface area (Å²) in [6, 6.07) is 8.21. The molecule has 0 unspecified atom stereocenters. The van der Waals surface area contributed by atoms with E-state index in [1.807, 2.05) is 0 Å². The molecule has 6 nitrogen and oxygen atoms in total. The number of carbonyl (C=O) groups excluding carboxylic acids is 2. The molecule has 0 aliphatic rings. The van der Waals surface area contributed by atoms with Gasteiger partial charge >= 0.3 is 0 Å². The van der Waals surface area contributed by atoms with E-state index < -0.39 is 17.9 Å². The van der Waals surface area contributed by atoms with Crippen molar-refractivity contribution < 1.29 is 18.7 Å². The number of hydrazine groups is 1. The second-order valence-electron chi connectivity index (χ2n) is 4.55. The van der Waals surface area contributed by atoms with E-state index in [-0.39, 0.29) is 0 Å². The Bertz CT molecular complexity index is 684. The molecule has 2 rings (SSSR count). The highest BCUT2D eigenvalue weighted by molar-refractivity contribution is 6.30. The van der Waals surface area contributed by atoms with Gasteiger partial charge in [-0.2, -0.15) is 0 Å². The average molecular weight is 323 g/mol. The number of ether oxygens (including phenoxy) is 1. The lowest BCUT2D eigenvalue weighted by atomic mass is 10.2. The lowest BCUT2D eigenvalue weighted by molar-refractivity contribution is -0.128. The maximum absolute atomic E-state index is 11.9. The Kier molecular flexibility index (Phi) is 5.06. The highest BCUT2D eigenvalue weighted by atomic mass is 35.5. The molecule has 2 N–H and O–H groups in total.